The summed E-state index contributed by atoms with van der Waals surface area (Å²) in [5.41, 5.74) is 9.05. The zero-order chi connectivity index (χ0) is 10.7. The van der Waals surface area contributed by atoms with Crippen LogP contribution in [0.15, 0.2) is 46.1 Å². The van der Waals surface area contributed by atoms with E-state index in [1.807, 2.05) is 25.1 Å². The molecule has 1 heterocycles. The van der Waals surface area contributed by atoms with Gasteiger partial charge < -0.3 is 10.2 Å². The molecule has 0 saturated heterocycles. The summed E-state index contributed by atoms with van der Waals surface area (Å²) in [6.07, 6.45) is 3.47. The SMILES string of the molecule is Cc1c(N)cccc1SCc1ccoc1. The molecule has 15 heavy (non-hydrogen) atoms. The van der Waals surface area contributed by atoms with E-state index >= 15 is 0 Å². The summed E-state index contributed by atoms with van der Waals surface area (Å²) >= 11 is 1.78. The average molecular weight is 219 g/mol. The van der Waals surface area contributed by atoms with Crippen molar-refractivity contribution in [3.8, 4) is 0 Å². The first-order chi connectivity index (χ1) is 7.27. The molecule has 2 N–H and O–H groups in total. The maximum atomic E-state index is 5.84. The van der Waals surface area contributed by atoms with E-state index in [0.717, 1.165) is 17.0 Å². The van der Waals surface area contributed by atoms with E-state index in [0.29, 0.717) is 0 Å². The van der Waals surface area contributed by atoms with Crippen molar-refractivity contribution in [1.29, 1.82) is 0 Å². The largest absolute Gasteiger partial charge is 0.472 e. The van der Waals surface area contributed by atoms with E-state index in [9.17, 15) is 0 Å². The molecule has 78 valence electrons. The first-order valence-electron chi connectivity index (χ1n) is 4.76. The van der Waals surface area contributed by atoms with Crippen molar-refractivity contribution in [1.82, 2.24) is 0 Å². The first-order valence-corrected chi connectivity index (χ1v) is 5.75. The lowest BCUT2D eigenvalue weighted by Crippen LogP contribution is -1.90. The van der Waals surface area contributed by atoms with Crippen LogP contribution in [0, 0.1) is 6.92 Å². The van der Waals surface area contributed by atoms with Crippen molar-refractivity contribution in [2.24, 2.45) is 0 Å². The van der Waals surface area contributed by atoms with Crippen molar-refractivity contribution in [3.05, 3.63) is 47.9 Å². The summed E-state index contributed by atoms with van der Waals surface area (Å²) < 4.78 is 5.02. The Balaban J connectivity index is 2.08. The Morgan fingerprint density at radius 1 is 1.33 bits per heavy atom. The topological polar surface area (TPSA) is 39.2 Å². The third-order valence-corrected chi connectivity index (χ3v) is 3.53. The fraction of sp³-hybridized carbons (Fsp3) is 0.167. The smallest absolute Gasteiger partial charge is 0.0943 e. The number of hydrogen-bond acceptors (Lipinski definition) is 3. The van der Waals surface area contributed by atoms with Crippen LogP contribution >= 0.6 is 11.8 Å². The molecule has 0 atom stereocenters. The quantitative estimate of drug-likeness (QED) is 0.634. The Morgan fingerprint density at radius 3 is 2.93 bits per heavy atom. The summed E-state index contributed by atoms with van der Waals surface area (Å²) in [5.74, 6) is 0.917. The van der Waals surface area contributed by atoms with E-state index in [4.69, 9.17) is 10.2 Å². The number of rotatable bonds is 3. The highest BCUT2D eigenvalue weighted by atomic mass is 32.2. The first kappa shape index (κ1) is 10.2. The van der Waals surface area contributed by atoms with Gasteiger partial charge in [0.2, 0.25) is 0 Å². The van der Waals surface area contributed by atoms with Gasteiger partial charge in [-0.3, -0.25) is 0 Å². The summed E-state index contributed by atoms with van der Waals surface area (Å²) in [5, 5.41) is 0. The summed E-state index contributed by atoms with van der Waals surface area (Å²) in [4.78, 5) is 1.23. The number of furan rings is 1. The molecule has 3 heteroatoms. The Bertz CT molecular complexity index is 437. The molecule has 0 aliphatic heterocycles. The molecule has 2 nitrogen and oxygen atoms in total. The second-order valence-electron chi connectivity index (χ2n) is 3.39. The molecule has 1 aromatic heterocycles. The van der Waals surface area contributed by atoms with Crippen molar-refractivity contribution in [2.75, 3.05) is 5.73 Å². The lowest BCUT2D eigenvalue weighted by molar-refractivity contribution is 0.565. The Morgan fingerprint density at radius 2 is 2.20 bits per heavy atom. The predicted molar refractivity (Wildman–Crippen MR) is 63.9 cm³/mol. The lowest BCUT2D eigenvalue weighted by atomic mass is 10.2. The standard InChI is InChI=1S/C12H13NOS/c1-9-11(13)3-2-4-12(9)15-8-10-5-6-14-7-10/h2-7H,8,13H2,1H3. The fourth-order valence-corrected chi connectivity index (χ4v) is 2.32. The molecule has 0 amide bonds. The zero-order valence-electron chi connectivity index (χ0n) is 8.57. The molecular formula is C12H13NOS. The van der Waals surface area contributed by atoms with Crippen LogP contribution in [0.1, 0.15) is 11.1 Å². The summed E-state index contributed by atoms with van der Waals surface area (Å²) in [6.45, 7) is 2.05. The molecule has 0 aliphatic carbocycles. The normalized spacial score (nSPS) is 10.5. The van der Waals surface area contributed by atoms with Gasteiger partial charge in [-0.15, -0.1) is 11.8 Å². The average Bonchev–Trinajstić information content (AvgIpc) is 2.73. The highest BCUT2D eigenvalue weighted by molar-refractivity contribution is 7.98. The van der Waals surface area contributed by atoms with Crippen LogP contribution in [0.4, 0.5) is 5.69 Å². The fourth-order valence-electron chi connectivity index (χ4n) is 1.32. The van der Waals surface area contributed by atoms with Gasteiger partial charge in [0.25, 0.3) is 0 Å². The van der Waals surface area contributed by atoms with E-state index < -0.39 is 0 Å². The van der Waals surface area contributed by atoms with E-state index in [1.54, 1.807) is 24.3 Å². The molecule has 0 spiro atoms. The van der Waals surface area contributed by atoms with Crippen molar-refractivity contribution >= 4 is 17.4 Å². The molecule has 2 aromatic rings. The van der Waals surface area contributed by atoms with Crippen LogP contribution in [0.5, 0.6) is 0 Å². The van der Waals surface area contributed by atoms with Crippen LogP contribution in [0.2, 0.25) is 0 Å². The molecular weight excluding hydrogens is 206 g/mol. The van der Waals surface area contributed by atoms with E-state index in [1.165, 1.54) is 10.5 Å². The maximum Gasteiger partial charge on any atom is 0.0943 e. The minimum Gasteiger partial charge on any atom is -0.472 e. The Hall–Kier alpha value is -1.35. The molecule has 0 bridgehead atoms. The second kappa shape index (κ2) is 4.45. The number of anilines is 1. The van der Waals surface area contributed by atoms with E-state index in [2.05, 4.69) is 6.07 Å². The van der Waals surface area contributed by atoms with Gasteiger partial charge in [0.1, 0.15) is 0 Å². The molecule has 1 aromatic carbocycles. The van der Waals surface area contributed by atoms with Gasteiger partial charge in [-0.25, -0.2) is 0 Å². The van der Waals surface area contributed by atoms with Crippen molar-refractivity contribution in [3.63, 3.8) is 0 Å². The number of hydrogen-bond donors (Lipinski definition) is 1. The van der Waals surface area contributed by atoms with Gasteiger partial charge in [-0.05, 0) is 30.7 Å². The van der Waals surface area contributed by atoms with Gasteiger partial charge in [0.05, 0.1) is 12.5 Å². The van der Waals surface area contributed by atoms with Gasteiger partial charge >= 0.3 is 0 Å². The molecule has 2 rings (SSSR count). The molecule has 0 radical (unpaired) electrons. The van der Waals surface area contributed by atoms with Gasteiger partial charge in [-0.2, -0.15) is 0 Å². The van der Waals surface area contributed by atoms with Crippen LogP contribution in [-0.2, 0) is 5.75 Å². The minimum atomic E-state index is 0.854. The van der Waals surface area contributed by atoms with Crippen molar-refractivity contribution < 1.29 is 4.42 Å². The maximum absolute atomic E-state index is 5.84. The number of nitrogen functional groups attached to an aromatic ring is 1. The predicted octanol–water partition coefficient (Wildman–Crippen LogP) is 3.46. The van der Waals surface area contributed by atoms with Crippen LogP contribution in [-0.4, -0.2) is 0 Å². The van der Waals surface area contributed by atoms with E-state index in [-0.39, 0.29) is 0 Å². The van der Waals surface area contributed by atoms with Gasteiger partial charge in [-0.1, -0.05) is 6.07 Å². The van der Waals surface area contributed by atoms with Crippen LogP contribution in [0.3, 0.4) is 0 Å². The summed E-state index contributed by atoms with van der Waals surface area (Å²) in [6, 6.07) is 7.99. The lowest BCUT2D eigenvalue weighted by Gasteiger charge is -2.06. The van der Waals surface area contributed by atoms with Crippen LogP contribution < -0.4 is 5.73 Å². The third-order valence-electron chi connectivity index (χ3n) is 2.30. The number of benzene rings is 1. The highest BCUT2D eigenvalue weighted by Gasteiger charge is 2.02. The number of thioether (sulfide) groups is 1. The Kier molecular flexibility index (Phi) is 3.02. The van der Waals surface area contributed by atoms with Crippen LogP contribution in [0.25, 0.3) is 0 Å². The van der Waals surface area contributed by atoms with Crippen molar-refractivity contribution in [2.45, 2.75) is 17.6 Å². The molecule has 0 aliphatic rings. The van der Waals surface area contributed by atoms with Gasteiger partial charge in [0.15, 0.2) is 0 Å². The molecule has 0 fully saturated rings. The monoisotopic (exact) mass is 219 g/mol. The number of nitrogens with two attached hydrogens (primary N) is 1. The molecule has 0 unspecified atom stereocenters. The third kappa shape index (κ3) is 2.36. The highest BCUT2D eigenvalue weighted by Crippen LogP contribution is 2.28. The van der Waals surface area contributed by atoms with Gasteiger partial charge in [0, 0.05) is 21.9 Å². The minimum absolute atomic E-state index is 0.854. The summed E-state index contributed by atoms with van der Waals surface area (Å²) in [7, 11) is 0. The molecule has 0 saturated carbocycles. The zero-order valence-corrected chi connectivity index (χ0v) is 9.38. The Labute approximate surface area is 93.5 Å². The second-order valence-corrected chi connectivity index (χ2v) is 4.41.